The van der Waals surface area contributed by atoms with Crippen LogP contribution >= 0.6 is 0 Å². The molecule has 0 bridgehead atoms. The fourth-order valence-corrected chi connectivity index (χ4v) is 2.81. The van der Waals surface area contributed by atoms with E-state index >= 15 is 0 Å². The first kappa shape index (κ1) is 14.8. The summed E-state index contributed by atoms with van der Waals surface area (Å²) in [6, 6.07) is 7.95. The summed E-state index contributed by atoms with van der Waals surface area (Å²) in [6.45, 7) is 4.25. The molecule has 0 radical (unpaired) electrons. The molecule has 0 amide bonds. The van der Waals surface area contributed by atoms with Gasteiger partial charge in [-0.2, -0.15) is 5.26 Å². The van der Waals surface area contributed by atoms with Gasteiger partial charge in [0.05, 0.1) is 12.7 Å². The lowest BCUT2D eigenvalue weighted by molar-refractivity contribution is 0.206. The van der Waals surface area contributed by atoms with Crippen LogP contribution in [0.5, 0.6) is 5.75 Å². The molecule has 1 heterocycles. The molecule has 1 unspecified atom stereocenters. The minimum absolute atomic E-state index is 0.601. The Kier molecular flexibility index (Phi) is 5.40. The summed E-state index contributed by atoms with van der Waals surface area (Å²) in [6.07, 6.45) is 2.60. The number of piperidine rings is 1. The summed E-state index contributed by atoms with van der Waals surface area (Å²) in [5.74, 6) is 1.38. The topological polar surface area (TPSA) is 48.3 Å². The third-order valence-electron chi connectivity index (χ3n) is 3.87. The standard InChI is InChI=1S/C16H23N3O/c1-19-7-3-4-14(12-19)11-18-10-13-5-6-16(20-2)15(8-13)9-17/h5-6,8,14,18H,3-4,7,10-12H2,1-2H3. The second-order valence-corrected chi connectivity index (χ2v) is 5.55. The van der Waals surface area contributed by atoms with Crippen molar-refractivity contribution in [3.63, 3.8) is 0 Å². The molecule has 4 nitrogen and oxygen atoms in total. The van der Waals surface area contributed by atoms with Crippen LogP contribution in [0.15, 0.2) is 18.2 Å². The van der Waals surface area contributed by atoms with E-state index in [4.69, 9.17) is 10.00 Å². The van der Waals surface area contributed by atoms with Gasteiger partial charge in [0.15, 0.2) is 0 Å². The highest BCUT2D eigenvalue weighted by Gasteiger charge is 2.16. The lowest BCUT2D eigenvalue weighted by Gasteiger charge is -2.29. The molecule has 1 saturated heterocycles. The van der Waals surface area contributed by atoms with Crippen LogP contribution in [-0.4, -0.2) is 38.7 Å². The van der Waals surface area contributed by atoms with Crippen LogP contribution in [0.3, 0.4) is 0 Å². The van der Waals surface area contributed by atoms with Crippen molar-refractivity contribution >= 4 is 0 Å². The molecule has 1 N–H and O–H groups in total. The Morgan fingerprint density at radius 3 is 3.05 bits per heavy atom. The maximum atomic E-state index is 9.08. The van der Waals surface area contributed by atoms with E-state index in [-0.39, 0.29) is 0 Å². The van der Waals surface area contributed by atoms with Crippen LogP contribution in [-0.2, 0) is 6.54 Å². The molecule has 1 aromatic carbocycles. The van der Waals surface area contributed by atoms with E-state index in [1.807, 2.05) is 18.2 Å². The van der Waals surface area contributed by atoms with Crippen molar-refractivity contribution in [2.24, 2.45) is 5.92 Å². The fourth-order valence-electron chi connectivity index (χ4n) is 2.81. The Balaban J connectivity index is 1.83. The van der Waals surface area contributed by atoms with Crippen molar-refractivity contribution < 1.29 is 4.74 Å². The van der Waals surface area contributed by atoms with Gasteiger partial charge in [0.1, 0.15) is 11.8 Å². The van der Waals surface area contributed by atoms with Gasteiger partial charge < -0.3 is 15.0 Å². The van der Waals surface area contributed by atoms with Crippen LogP contribution in [0.25, 0.3) is 0 Å². The van der Waals surface area contributed by atoms with E-state index in [1.54, 1.807) is 7.11 Å². The SMILES string of the molecule is COc1ccc(CNCC2CCCN(C)C2)cc1C#N. The monoisotopic (exact) mass is 273 g/mol. The summed E-state index contributed by atoms with van der Waals surface area (Å²) in [5, 5.41) is 12.6. The largest absolute Gasteiger partial charge is 0.495 e. The molecule has 20 heavy (non-hydrogen) atoms. The van der Waals surface area contributed by atoms with Crippen molar-refractivity contribution in [3.8, 4) is 11.8 Å². The quantitative estimate of drug-likeness (QED) is 0.891. The molecule has 1 fully saturated rings. The maximum absolute atomic E-state index is 9.08. The molecule has 0 saturated carbocycles. The molecule has 1 atom stereocenters. The summed E-state index contributed by atoms with van der Waals surface area (Å²) in [4.78, 5) is 2.40. The summed E-state index contributed by atoms with van der Waals surface area (Å²) in [5.41, 5.74) is 1.73. The van der Waals surface area contributed by atoms with Crippen LogP contribution in [0, 0.1) is 17.2 Å². The normalized spacial score (nSPS) is 19.6. The average molecular weight is 273 g/mol. The van der Waals surface area contributed by atoms with Gasteiger partial charge in [0.25, 0.3) is 0 Å². The average Bonchev–Trinajstić information content (AvgIpc) is 2.47. The maximum Gasteiger partial charge on any atom is 0.136 e. The summed E-state index contributed by atoms with van der Waals surface area (Å²) < 4.78 is 5.15. The minimum atomic E-state index is 0.601. The molecule has 0 spiro atoms. The summed E-state index contributed by atoms with van der Waals surface area (Å²) >= 11 is 0. The van der Waals surface area contributed by atoms with Gasteiger partial charge in [-0.3, -0.25) is 0 Å². The molecule has 1 aromatic rings. The first-order valence-electron chi connectivity index (χ1n) is 7.19. The third-order valence-corrected chi connectivity index (χ3v) is 3.87. The van der Waals surface area contributed by atoms with E-state index in [1.165, 1.54) is 25.9 Å². The number of ether oxygens (including phenoxy) is 1. The van der Waals surface area contributed by atoms with Crippen molar-refractivity contribution in [1.82, 2.24) is 10.2 Å². The highest BCUT2D eigenvalue weighted by molar-refractivity contribution is 5.45. The first-order valence-corrected chi connectivity index (χ1v) is 7.19. The molecule has 0 aromatic heterocycles. The molecular formula is C16H23N3O. The van der Waals surface area contributed by atoms with E-state index in [9.17, 15) is 0 Å². The van der Waals surface area contributed by atoms with E-state index < -0.39 is 0 Å². The second kappa shape index (κ2) is 7.28. The zero-order chi connectivity index (χ0) is 14.4. The lowest BCUT2D eigenvalue weighted by Crippen LogP contribution is -2.37. The van der Waals surface area contributed by atoms with Gasteiger partial charge in [-0.15, -0.1) is 0 Å². The molecule has 2 rings (SSSR count). The molecule has 1 aliphatic rings. The van der Waals surface area contributed by atoms with Crippen molar-refractivity contribution in [2.75, 3.05) is 33.8 Å². The fraction of sp³-hybridized carbons (Fsp3) is 0.562. The third kappa shape index (κ3) is 3.96. The lowest BCUT2D eigenvalue weighted by atomic mass is 9.98. The molecule has 1 aliphatic heterocycles. The highest BCUT2D eigenvalue weighted by atomic mass is 16.5. The number of rotatable bonds is 5. The first-order chi connectivity index (χ1) is 9.72. The number of likely N-dealkylation sites (tertiary alicyclic amines) is 1. The van der Waals surface area contributed by atoms with E-state index in [2.05, 4.69) is 23.3 Å². The Bertz CT molecular complexity index is 481. The highest BCUT2D eigenvalue weighted by Crippen LogP contribution is 2.19. The number of hydrogen-bond acceptors (Lipinski definition) is 4. The number of benzene rings is 1. The molecule has 4 heteroatoms. The number of nitriles is 1. The minimum Gasteiger partial charge on any atom is -0.495 e. The Hall–Kier alpha value is -1.57. The Morgan fingerprint density at radius 1 is 1.50 bits per heavy atom. The van der Waals surface area contributed by atoms with Gasteiger partial charge in [0.2, 0.25) is 0 Å². The molecule has 108 valence electrons. The zero-order valence-electron chi connectivity index (χ0n) is 12.4. The van der Waals surface area contributed by atoms with Crippen molar-refractivity contribution in [1.29, 1.82) is 5.26 Å². The predicted octanol–water partition coefficient (Wildman–Crippen LogP) is 2.00. The zero-order valence-corrected chi connectivity index (χ0v) is 12.4. The van der Waals surface area contributed by atoms with Gasteiger partial charge in [-0.05, 0) is 56.6 Å². The van der Waals surface area contributed by atoms with E-state index in [0.29, 0.717) is 11.3 Å². The Morgan fingerprint density at radius 2 is 2.35 bits per heavy atom. The second-order valence-electron chi connectivity index (χ2n) is 5.55. The number of hydrogen-bond donors (Lipinski definition) is 1. The predicted molar refractivity (Wildman–Crippen MR) is 79.6 cm³/mol. The molecular weight excluding hydrogens is 250 g/mol. The van der Waals surface area contributed by atoms with Crippen molar-refractivity contribution in [3.05, 3.63) is 29.3 Å². The molecule has 0 aliphatic carbocycles. The van der Waals surface area contributed by atoms with Gasteiger partial charge in [-0.25, -0.2) is 0 Å². The van der Waals surface area contributed by atoms with Gasteiger partial charge in [0, 0.05) is 13.1 Å². The summed E-state index contributed by atoms with van der Waals surface area (Å²) in [7, 11) is 3.78. The van der Waals surface area contributed by atoms with Crippen LogP contribution < -0.4 is 10.1 Å². The van der Waals surface area contributed by atoms with Crippen LogP contribution in [0.1, 0.15) is 24.0 Å². The van der Waals surface area contributed by atoms with Gasteiger partial charge in [-0.1, -0.05) is 6.07 Å². The van der Waals surface area contributed by atoms with E-state index in [0.717, 1.165) is 24.6 Å². The number of methoxy groups -OCH3 is 1. The smallest absolute Gasteiger partial charge is 0.136 e. The van der Waals surface area contributed by atoms with Crippen LogP contribution in [0.4, 0.5) is 0 Å². The van der Waals surface area contributed by atoms with Crippen molar-refractivity contribution in [2.45, 2.75) is 19.4 Å². The Labute approximate surface area is 121 Å². The number of nitrogens with zero attached hydrogens (tertiary/aromatic N) is 2. The number of nitrogens with one attached hydrogen (secondary N) is 1. The van der Waals surface area contributed by atoms with Crippen LogP contribution in [0.2, 0.25) is 0 Å². The van der Waals surface area contributed by atoms with Gasteiger partial charge >= 0.3 is 0 Å².